The third-order valence-corrected chi connectivity index (χ3v) is 4.08. The minimum Gasteiger partial charge on any atom is -0.350 e. The van der Waals surface area contributed by atoms with Gasteiger partial charge in [0, 0.05) is 29.1 Å². The van der Waals surface area contributed by atoms with Crippen LogP contribution in [0.3, 0.4) is 0 Å². The van der Waals surface area contributed by atoms with E-state index in [0.717, 1.165) is 0 Å². The number of benzene rings is 1. The molecular formula is C17H14FN3O2S. The zero-order chi connectivity index (χ0) is 16.9. The molecule has 3 aromatic rings. The van der Waals surface area contributed by atoms with Crippen molar-refractivity contribution in [3.63, 3.8) is 0 Å². The molecule has 122 valence electrons. The normalized spacial score (nSPS) is 10.5. The predicted octanol–water partition coefficient (Wildman–Crippen LogP) is 2.54. The van der Waals surface area contributed by atoms with E-state index in [1.165, 1.54) is 34.2 Å². The molecule has 5 nitrogen and oxygen atoms in total. The van der Waals surface area contributed by atoms with Crippen LogP contribution in [0.1, 0.15) is 10.4 Å². The topological polar surface area (TPSA) is 64.0 Å². The first-order valence-electron chi connectivity index (χ1n) is 7.28. The van der Waals surface area contributed by atoms with Gasteiger partial charge in [-0.2, -0.15) is 16.4 Å². The highest BCUT2D eigenvalue weighted by atomic mass is 32.1. The Bertz CT molecular complexity index is 889. The monoisotopic (exact) mass is 343 g/mol. The number of carbonyl (C=O) groups is 1. The van der Waals surface area contributed by atoms with Crippen LogP contribution in [0.4, 0.5) is 4.39 Å². The smallest absolute Gasteiger partial charge is 0.266 e. The molecule has 0 aliphatic rings. The van der Waals surface area contributed by atoms with Gasteiger partial charge in [-0.1, -0.05) is 0 Å². The zero-order valence-electron chi connectivity index (χ0n) is 12.6. The molecule has 0 unspecified atom stereocenters. The molecular weight excluding hydrogens is 329 g/mol. The number of rotatable bonds is 5. The third-order valence-electron chi connectivity index (χ3n) is 3.40. The molecule has 0 aliphatic carbocycles. The van der Waals surface area contributed by atoms with Crippen molar-refractivity contribution in [2.75, 3.05) is 6.54 Å². The molecule has 1 aromatic carbocycles. The van der Waals surface area contributed by atoms with Gasteiger partial charge in [0.05, 0.1) is 12.2 Å². The summed E-state index contributed by atoms with van der Waals surface area (Å²) < 4.78 is 14.3. The molecule has 0 bridgehead atoms. The first-order valence-corrected chi connectivity index (χ1v) is 8.22. The molecule has 1 N–H and O–H groups in total. The maximum absolute atomic E-state index is 13.0. The highest BCUT2D eigenvalue weighted by Crippen LogP contribution is 2.15. The van der Waals surface area contributed by atoms with Gasteiger partial charge in [0.25, 0.3) is 11.5 Å². The Morgan fingerprint density at radius 2 is 1.96 bits per heavy atom. The van der Waals surface area contributed by atoms with Crippen molar-refractivity contribution in [1.29, 1.82) is 0 Å². The Labute approximate surface area is 141 Å². The van der Waals surface area contributed by atoms with Crippen molar-refractivity contribution in [1.82, 2.24) is 15.1 Å². The summed E-state index contributed by atoms with van der Waals surface area (Å²) in [4.78, 5) is 23.7. The van der Waals surface area contributed by atoms with Gasteiger partial charge in [-0.3, -0.25) is 9.59 Å². The van der Waals surface area contributed by atoms with Gasteiger partial charge in [-0.05, 0) is 41.8 Å². The molecule has 2 aromatic heterocycles. The molecule has 0 saturated heterocycles. The fraction of sp³-hybridized carbons (Fsp3) is 0.118. The van der Waals surface area contributed by atoms with Gasteiger partial charge in [0.2, 0.25) is 0 Å². The molecule has 0 saturated carbocycles. The maximum atomic E-state index is 13.0. The van der Waals surface area contributed by atoms with E-state index >= 15 is 0 Å². The van der Waals surface area contributed by atoms with Crippen LogP contribution < -0.4 is 10.9 Å². The van der Waals surface area contributed by atoms with Crippen LogP contribution >= 0.6 is 11.3 Å². The number of nitrogens with zero attached hydrogens (tertiary/aromatic N) is 2. The fourth-order valence-electron chi connectivity index (χ4n) is 2.15. The summed E-state index contributed by atoms with van der Waals surface area (Å²) in [7, 11) is 0. The second-order valence-electron chi connectivity index (χ2n) is 5.05. The highest BCUT2D eigenvalue weighted by Gasteiger charge is 2.07. The molecule has 0 spiro atoms. The zero-order valence-corrected chi connectivity index (χ0v) is 13.4. The minimum absolute atomic E-state index is 0.181. The molecule has 0 radical (unpaired) electrons. The third kappa shape index (κ3) is 3.75. The molecule has 1 amide bonds. The van der Waals surface area contributed by atoms with Crippen LogP contribution in [0.15, 0.2) is 58.0 Å². The fourth-order valence-corrected chi connectivity index (χ4v) is 2.79. The highest BCUT2D eigenvalue weighted by molar-refractivity contribution is 7.08. The van der Waals surface area contributed by atoms with Crippen LogP contribution in [0.5, 0.6) is 0 Å². The van der Waals surface area contributed by atoms with Crippen molar-refractivity contribution in [2.45, 2.75) is 6.54 Å². The van der Waals surface area contributed by atoms with E-state index in [-0.39, 0.29) is 30.4 Å². The van der Waals surface area contributed by atoms with Crippen LogP contribution in [-0.4, -0.2) is 22.2 Å². The van der Waals surface area contributed by atoms with E-state index in [0.29, 0.717) is 16.8 Å². The lowest BCUT2D eigenvalue weighted by Crippen LogP contribution is -2.31. The van der Waals surface area contributed by atoms with E-state index in [4.69, 9.17) is 0 Å². The first kappa shape index (κ1) is 16.1. The van der Waals surface area contributed by atoms with Crippen LogP contribution in [-0.2, 0) is 6.54 Å². The number of hydrogen-bond acceptors (Lipinski definition) is 4. The van der Waals surface area contributed by atoms with Crippen molar-refractivity contribution >= 4 is 17.2 Å². The van der Waals surface area contributed by atoms with E-state index in [1.807, 2.05) is 5.38 Å². The Balaban J connectivity index is 1.69. The van der Waals surface area contributed by atoms with Crippen LogP contribution in [0.2, 0.25) is 0 Å². The molecule has 2 heterocycles. The Hall–Kier alpha value is -2.80. The van der Waals surface area contributed by atoms with Gasteiger partial charge in [-0.15, -0.1) is 0 Å². The van der Waals surface area contributed by atoms with Gasteiger partial charge < -0.3 is 5.32 Å². The number of nitrogens with one attached hydrogen (secondary N) is 1. The van der Waals surface area contributed by atoms with E-state index in [9.17, 15) is 14.0 Å². The van der Waals surface area contributed by atoms with Crippen molar-refractivity contribution < 1.29 is 9.18 Å². The summed E-state index contributed by atoms with van der Waals surface area (Å²) in [5.41, 5.74) is 1.62. The summed E-state index contributed by atoms with van der Waals surface area (Å²) in [5, 5.41) is 10.6. The Kier molecular flexibility index (Phi) is 4.81. The summed E-state index contributed by atoms with van der Waals surface area (Å²) in [5.74, 6) is -0.512. The number of carbonyl (C=O) groups excluding carboxylic acids is 1. The summed E-state index contributed by atoms with van der Waals surface area (Å²) in [6, 6.07) is 10.6. The van der Waals surface area contributed by atoms with Crippen LogP contribution in [0, 0.1) is 5.82 Å². The average molecular weight is 343 g/mol. The quantitative estimate of drug-likeness (QED) is 0.774. The molecule has 0 aliphatic heterocycles. The van der Waals surface area contributed by atoms with Gasteiger partial charge in [0.1, 0.15) is 5.82 Å². The lowest BCUT2D eigenvalue weighted by Gasteiger charge is -2.08. The molecule has 3 rings (SSSR count). The number of hydrogen-bond donors (Lipinski definition) is 1. The molecule has 7 heteroatoms. The summed E-state index contributed by atoms with van der Waals surface area (Å²) >= 11 is 1.45. The number of amides is 1. The molecule has 0 atom stereocenters. The van der Waals surface area contributed by atoms with Gasteiger partial charge in [-0.25, -0.2) is 9.07 Å². The van der Waals surface area contributed by atoms with E-state index in [1.54, 1.807) is 29.6 Å². The standard InChI is InChI=1S/C17H14FN3O2S/c18-14-3-1-12(2-4-14)15-5-6-16(22)21(20-15)9-8-19-17(23)13-7-10-24-11-13/h1-7,10-11H,8-9H2,(H,19,23). The van der Waals surface area contributed by atoms with E-state index < -0.39 is 0 Å². The van der Waals surface area contributed by atoms with Crippen molar-refractivity contribution in [2.24, 2.45) is 0 Å². The Morgan fingerprint density at radius 3 is 2.67 bits per heavy atom. The first-order chi connectivity index (χ1) is 11.6. The SMILES string of the molecule is O=C(NCCn1nc(-c2ccc(F)cc2)ccc1=O)c1ccsc1. The lowest BCUT2D eigenvalue weighted by atomic mass is 10.1. The van der Waals surface area contributed by atoms with E-state index in [2.05, 4.69) is 10.4 Å². The largest absolute Gasteiger partial charge is 0.350 e. The minimum atomic E-state index is -0.330. The van der Waals surface area contributed by atoms with Crippen LogP contribution in [0.25, 0.3) is 11.3 Å². The summed E-state index contributed by atoms with van der Waals surface area (Å²) in [6.45, 7) is 0.540. The Morgan fingerprint density at radius 1 is 1.17 bits per heavy atom. The van der Waals surface area contributed by atoms with Crippen molar-refractivity contribution in [3.05, 3.63) is 75.0 Å². The average Bonchev–Trinajstić information content (AvgIpc) is 3.12. The predicted molar refractivity (Wildman–Crippen MR) is 90.5 cm³/mol. The van der Waals surface area contributed by atoms with Gasteiger partial charge in [0.15, 0.2) is 0 Å². The maximum Gasteiger partial charge on any atom is 0.266 e. The number of halogens is 1. The lowest BCUT2D eigenvalue weighted by molar-refractivity contribution is 0.0952. The molecule has 24 heavy (non-hydrogen) atoms. The van der Waals surface area contributed by atoms with Crippen molar-refractivity contribution in [3.8, 4) is 11.3 Å². The molecule has 0 fully saturated rings. The van der Waals surface area contributed by atoms with Gasteiger partial charge >= 0.3 is 0 Å². The summed E-state index contributed by atoms with van der Waals surface area (Å²) in [6.07, 6.45) is 0. The second kappa shape index (κ2) is 7.18. The second-order valence-corrected chi connectivity index (χ2v) is 5.83. The number of thiophene rings is 1. The number of aromatic nitrogens is 2.